The van der Waals surface area contributed by atoms with Gasteiger partial charge in [-0.1, -0.05) is 0 Å². The monoisotopic (exact) mass is 358 g/mol. The molecule has 1 saturated heterocycles. The van der Waals surface area contributed by atoms with Crippen LogP contribution in [0.3, 0.4) is 0 Å². The minimum absolute atomic E-state index is 0.0222. The molecule has 1 aromatic carbocycles. The number of nitrogens with one attached hydrogen (secondary N) is 1. The number of ether oxygens (including phenoxy) is 1. The summed E-state index contributed by atoms with van der Waals surface area (Å²) < 4.78 is 11.1. The Bertz CT molecular complexity index is 796. The first-order valence-electron chi connectivity index (χ1n) is 9.23. The van der Waals surface area contributed by atoms with Crippen molar-refractivity contribution in [3.05, 3.63) is 30.0 Å². The molecule has 1 aliphatic rings. The van der Waals surface area contributed by atoms with Crippen molar-refractivity contribution in [1.82, 2.24) is 10.2 Å². The van der Waals surface area contributed by atoms with Crippen LogP contribution in [-0.4, -0.2) is 42.5 Å². The number of rotatable bonds is 5. The van der Waals surface area contributed by atoms with Gasteiger partial charge in [0, 0.05) is 24.7 Å². The first-order valence-corrected chi connectivity index (χ1v) is 9.23. The topological polar surface area (TPSA) is 71.8 Å². The van der Waals surface area contributed by atoms with Crippen LogP contribution in [0.4, 0.5) is 0 Å². The molecular formula is C20H26N2O4. The highest BCUT2D eigenvalue weighted by atomic mass is 16.5. The van der Waals surface area contributed by atoms with E-state index in [9.17, 15) is 9.59 Å². The third kappa shape index (κ3) is 3.84. The Morgan fingerprint density at radius 3 is 2.92 bits per heavy atom. The van der Waals surface area contributed by atoms with Crippen LogP contribution in [0.5, 0.6) is 5.75 Å². The lowest BCUT2D eigenvalue weighted by Crippen LogP contribution is -2.46. The molecule has 6 nitrogen and oxygen atoms in total. The summed E-state index contributed by atoms with van der Waals surface area (Å²) in [5.74, 6) is 0.419. The summed E-state index contributed by atoms with van der Waals surface area (Å²) in [5, 5.41) is 3.80. The number of fused-ring (bicyclic) bond motifs is 1. The Hall–Kier alpha value is -2.50. The van der Waals surface area contributed by atoms with E-state index in [1.165, 1.54) is 0 Å². The van der Waals surface area contributed by atoms with E-state index in [0.717, 1.165) is 18.2 Å². The Balaban J connectivity index is 1.80. The van der Waals surface area contributed by atoms with Gasteiger partial charge in [-0.05, 0) is 51.8 Å². The van der Waals surface area contributed by atoms with E-state index in [1.807, 2.05) is 26.8 Å². The number of benzene rings is 1. The Morgan fingerprint density at radius 2 is 2.19 bits per heavy atom. The number of likely N-dealkylation sites (tertiary alicyclic amines) is 1. The van der Waals surface area contributed by atoms with Crippen LogP contribution >= 0.6 is 0 Å². The van der Waals surface area contributed by atoms with E-state index in [0.29, 0.717) is 36.6 Å². The van der Waals surface area contributed by atoms with Crippen molar-refractivity contribution in [2.24, 2.45) is 5.92 Å². The van der Waals surface area contributed by atoms with Crippen LogP contribution in [-0.2, 0) is 4.79 Å². The molecule has 2 aromatic rings. The van der Waals surface area contributed by atoms with Crippen LogP contribution < -0.4 is 10.1 Å². The number of hydrogen-bond acceptors (Lipinski definition) is 4. The molecule has 1 aliphatic heterocycles. The standard InChI is InChI=1S/C20H26N2O4/c1-4-25-17-10-15(11-18-16(17)7-9-26-18)20(24)22-8-5-6-14(12-22)19(23)21-13(2)3/h7,9-11,13-14H,4-6,8,12H2,1-3H3,(H,21,23). The highest BCUT2D eigenvalue weighted by molar-refractivity contribution is 5.99. The second-order valence-corrected chi connectivity index (χ2v) is 6.99. The van der Waals surface area contributed by atoms with Gasteiger partial charge in [0.25, 0.3) is 5.91 Å². The maximum atomic E-state index is 13.0. The van der Waals surface area contributed by atoms with Gasteiger partial charge >= 0.3 is 0 Å². The number of amides is 2. The van der Waals surface area contributed by atoms with Crippen molar-refractivity contribution in [1.29, 1.82) is 0 Å². The summed E-state index contributed by atoms with van der Waals surface area (Å²) in [7, 11) is 0. The Labute approximate surface area is 153 Å². The molecule has 1 fully saturated rings. The molecule has 1 aromatic heterocycles. The molecule has 3 rings (SSSR count). The maximum Gasteiger partial charge on any atom is 0.254 e. The molecule has 0 saturated carbocycles. The van der Waals surface area contributed by atoms with Gasteiger partial charge < -0.3 is 19.4 Å². The van der Waals surface area contributed by atoms with E-state index >= 15 is 0 Å². The van der Waals surface area contributed by atoms with E-state index in [4.69, 9.17) is 9.15 Å². The molecule has 0 bridgehead atoms. The minimum Gasteiger partial charge on any atom is -0.493 e. The van der Waals surface area contributed by atoms with Crippen LogP contribution in [0.15, 0.2) is 28.9 Å². The van der Waals surface area contributed by atoms with Gasteiger partial charge in [0.15, 0.2) is 0 Å². The zero-order valence-corrected chi connectivity index (χ0v) is 15.6. The lowest BCUT2D eigenvalue weighted by molar-refractivity contribution is -0.126. The van der Waals surface area contributed by atoms with Gasteiger partial charge in [-0.25, -0.2) is 0 Å². The highest BCUT2D eigenvalue weighted by Gasteiger charge is 2.29. The molecule has 0 spiro atoms. The van der Waals surface area contributed by atoms with E-state index in [-0.39, 0.29) is 23.8 Å². The number of nitrogens with zero attached hydrogens (tertiary/aromatic N) is 1. The van der Waals surface area contributed by atoms with Crippen molar-refractivity contribution in [2.75, 3.05) is 19.7 Å². The molecule has 2 amide bonds. The average Bonchev–Trinajstić information content (AvgIpc) is 3.09. The smallest absolute Gasteiger partial charge is 0.254 e. The molecule has 1 N–H and O–H groups in total. The first-order chi connectivity index (χ1) is 12.5. The maximum absolute atomic E-state index is 13.0. The predicted molar refractivity (Wildman–Crippen MR) is 99.3 cm³/mol. The minimum atomic E-state index is -0.159. The highest BCUT2D eigenvalue weighted by Crippen LogP contribution is 2.30. The molecule has 1 atom stereocenters. The lowest BCUT2D eigenvalue weighted by atomic mass is 9.96. The Morgan fingerprint density at radius 1 is 1.38 bits per heavy atom. The lowest BCUT2D eigenvalue weighted by Gasteiger charge is -2.32. The molecule has 140 valence electrons. The summed E-state index contributed by atoms with van der Waals surface area (Å²) in [6.07, 6.45) is 3.22. The molecule has 26 heavy (non-hydrogen) atoms. The van der Waals surface area contributed by atoms with Crippen molar-refractivity contribution >= 4 is 22.8 Å². The third-order valence-corrected chi connectivity index (χ3v) is 4.59. The molecule has 0 radical (unpaired) electrons. The normalized spacial score (nSPS) is 17.5. The van der Waals surface area contributed by atoms with Crippen molar-refractivity contribution < 1.29 is 18.7 Å². The van der Waals surface area contributed by atoms with Gasteiger partial charge in [-0.3, -0.25) is 9.59 Å². The molecule has 6 heteroatoms. The fraction of sp³-hybridized carbons (Fsp3) is 0.500. The largest absolute Gasteiger partial charge is 0.493 e. The van der Waals surface area contributed by atoms with Gasteiger partial charge in [0.2, 0.25) is 5.91 Å². The molecule has 0 aliphatic carbocycles. The first kappa shape index (κ1) is 18.3. The van der Waals surface area contributed by atoms with E-state index in [2.05, 4.69) is 5.32 Å². The number of carbonyl (C=O) groups is 2. The van der Waals surface area contributed by atoms with Crippen LogP contribution in [0.1, 0.15) is 44.0 Å². The van der Waals surface area contributed by atoms with Gasteiger partial charge in [-0.15, -0.1) is 0 Å². The Kier molecular flexibility index (Phi) is 5.49. The summed E-state index contributed by atoms with van der Waals surface area (Å²) >= 11 is 0. The van der Waals surface area contributed by atoms with E-state index in [1.54, 1.807) is 23.3 Å². The van der Waals surface area contributed by atoms with Crippen molar-refractivity contribution in [2.45, 2.75) is 39.7 Å². The van der Waals surface area contributed by atoms with Gasteiger partial charge in [-0.2, -0.15) is 0 Å². The van der Waals surface area contributed by atoms with Crippen molar-refractivity contribution in [3.63, 3.8) is 0 Å². The quantitative estimate of drug-likeness (QED) is 0.891. The van der Waals surface area contributed by atoms with E-state index < -0.39 is 0 Å². The molecule has 2 heterocycles. The summed E-state index contributed by atoms with van der Waals surface area (Å²) in [6, 6.07) is 5.45. The van der Waals surface area contributed by atoms with Crippen LogP contribution in [0.2, 0.25) is 0 Å². The number of piperidine rings is 1. The molecular weight excluding hydrogens is 332 g/mol. The van der Waals surface area contributed by atoms with Crippen LogP contribution in [0, 0.1) is 5.92 Å². The van der Waals surface area contributed by atoms with Crippen molar-refractivity contribution in [3.8, 4) is 5.75 Å². The zero-order chi connectivity index (χ0) is 18.7. The zero-order valence-electron chi connectivity index (χ0n) is 15.6. The summed E-state index contributed by atoms with van der Waals surface area (Å²) in [6.45, 7) is 7.40. The number of carbonyl (C=O) groups excluding carboxylic acids is 2. The van der Waals surface area contributed by atoms with Gasteiger partial charge in [0.1, 0.15) is 11.3 Å². The fourth-order valence-electron chi connectivity index (χ4n) is 3.40. The van der Waals surface area contributed by atoms with Gasteiger partial charge in [0.05, 0.1) is 24.2 Å². The second kappa shape index (κ2) is 7.81. The average molecular weight is 358 g/mol. The SMILES string of the molecule is CCOc1cc(C(=O)N2CCCC(C(=O)NC(C)C)C2)cc2occc12. The fourth-order valence-corrected chi connectivity index (χ4v) is 3.40. The third-order valence-electron chi connectivity index (χ3n) is 4.59. The number of furan rings is 1. The second-order valence-electron chi connectivity index (χ2n) is 6.99. The summed E-state index contributed by atoms with van der Waals surface area (Å²) in [5.41, 5.74) is 1.16. The predicted octanol–water partition coefficient (Wildman–Crippen LogP) is 3.21. The number of hydrogen-bond donors (Lipinski definition) is 1. The molecule has 1 unspecified atom stereocenters. The van der Waals surface area contributed by atoms with Crippen LogP contribution in [0.25, 0.3) is 11.0 Å². The summed E-state index contributed by atoms with van der Waals surface area (Å²) in [4.78, 5) is 27.1.